The fourth-order valence-electron chi connectivity index (χ4n) is 6.53. The quantitative estimate of drug-likeness (QED) is 0.173. The van der Waals surface area contributed by atoms with Crippen molar-refractivity contribution in [3.05, 3.63) is 182 Å². The number of nitrogens with zero attached hydrogens (tertiary/aromatic N) is 4. The van der Waals surface area contributed by atoms with Crippen LogP contribution in [-0.2, 0) is 0 Å². The molecule has 9 aromatic rings. The summed E-state index contributed by atoms with van der Waals surface area (Å²) in [5.74, 6) is 1.90. The number of para-hydroxylation sites is 4. The van der Waals surface area contributed by atoms with Gasteiger partial charge in [0.05, 0.1) is 5.69 Å². The molecule has 0 radical (unpaired) electrons. The van der Waals surface area contributed by atoms with Crippen LogP contribution >= 0.6 is 0 Å². The molecule has 7 aromatic carbocycles. The summed E-state index contributed by atoms with van der Waals surface area (Å²) in [6.45, 7) is 0. The molecule has 0 saturated carbocycles. The van der Waals surface area contributed by atoms with Crippen molar-refractivity contribution >= 4 is 39.0 Å². The van der Waals surface area contributed by atoms with E-state index in [9.17, 15) is 0 Å². The Labute approximate surface area is 289 Å². The summed E-state index contributed by atoms with van der Waals surface area (Å²) in [4.78, 5) is 16.9. The van der Waals surface area contributed by atoms with Crippen molar-refractivity contribution in [1.29, 1.82) is 0 Å². The highest BCUT2D eigenvalue weighted by Gasteiger charge is 2.20. The van der Waals surface area contributed by atoms with E-state index in [0.29, 0.717) is 17.5 Å². The molecule has 0 aliphatic carbocycles. The van der Waals surface area contributed by atoms with Gasteiger partial charge in [0.15, 0.2) is 23.1 Å². The molecule has 0 bridgehead atoms. The third-order valence-corrected chi connectivity index (χ3v) is 8.93. The molecule has 236 valence electrons. The van der Waals surface area contributed by atoms with Crippen molar-refractivity contribution in [3.8, 4) is 45.3 Å². The number of aromatic nitrogens is 3. The van der Waals surface area contributed by atoms with Crippen LogP contribution < -0.4 is 4.90 Å². The summed E-state index contributed by atoms with van der Waals surface area (Å²) in [7, 11) is 0. The molecule has 0 unspecified atom stereocenters. The molecule has 0 aliphatic rings. The highest BCUT2D eigenvalue weighted by atomic mass is 16.3. The predicted molar refractivity (Wildman–Crippen MR) is 204 cm³/mol. The Bertz CT molecular complexity index is 2470. The molecule has 2 aromatic heterocycles. The first-order valence-electron chi connectivity index (χ1n) is 16.6. The molecule has 0 aliphatic heterocycles. The first-order chi connectivity index (χ1) is 24.8. The van der Waals surface area contributed by atoms with Crippen LogP contribution in [0.4, 0.5) is 17.1 Å². The van der Waals surface area contributed by atoms with E-state index in [1.807, 2.05) is 72.8 Å². The number of furan rings is 1. The molecular formula is C45H30N4O. The second-order valence-corrected chi connectivity index (χ2v) is 12.1. The third kappa shape index (κ3) is 5.37. The highest BCUT2D eigenvalue weighted by molar-refractivity contribution is 6.13. The largest absolute Gasteiger partial charge is 0.453 e. The summed E-state index contributed by atoms with van der Waals surface area (Å²) in [5, 5.41) is 2.14. The van der Waals surface area contributed by atoms with Crippen LogP contribution in [0.5, 0.6) is 0 Å². The van der Waals surface area contributed by atoms with E-state index in [2.05, 4.69) is 114 Å². The Morgan fingerprint density at radius 3 is 1.28 bits per heavy atom. The zero-order valence-corrected chi connectivity index (χ0v) is 27.0. The highest BCUT2D eigenvalue weighted by Crippen LogP contribution is 2.44. The molecule has 0 fully saturated rings. The van der Waals surface area contributed by atoms with Gasteiger partial charge in [-0.1, -0.05) is 152 Å². The average molecular weight is 643 g/mol. The predicted octanol–water partition coefficient (Wildman–Crippen LogP) is 11.9. The third-order valence-electron chi connectivity index (χ3n) is 8.93. The first kappa shape index (κ1) is 29.3. The van der Waals surface area contributed by atoms with Crippen LogP contribution in [-0.4, -0.2) is 15.0 Å². The Morgan fingerprint density at radius 2 is 0.760 bits per heavy atom. The van der Waals surface area contributed by atoms with Crippen molar-refractivity contribution in [3.63, 3.8) is 0 Å². The van der Waals surface area contributed by atoms with Gasteiger partial charge in [-0.2, -0.15) is 0 Å². The molecule has 0 saturated heterocycles. The minimum absolute atomic E-state index is 0.623. The van der Waals surface area contributed by atoms with Crippen molar-refractivity contribution in [1.82, 2.24) is 15.0 Å². The van der Waals surface area contributed by atoms with E-state index in [0.717, 1.165) is 66.8 Å². The molecule has 2 heterocycles. The molecule has 0 atom stereocenters. The number of anilines is 3. The number of hydrogen-bond donors (Lipinski definition) is 0. The summed E-state index contributed by atoms with van der Waals surface area (Å²) in [6, 6.07) is 62.0. The lowest BCUT2D eigenvalue weighted by Crippen LogP contribution is -2.09. The SMILES string of the molecule is c1ccc(-c2nc(-c3ccccc3)nc(-c3ccc(-c4cccc5c4oc4c(N(c6ccccc6)c6ccccc6)cccc45)cc3)n2)cc1. The van der Waals surface area contributed by atoms with Gasteiger partial charge < -0.3 is 9.32 Å². The van der Waals surface area contributed by atoms with Gasteiger partial charge >= 0.3 is 0 Å². The van der Waals surface area contributed by atoms with Gasteiger partial charge in [-0.15, -0.1) is 0 Å². The van der Waals surface area contributed by atoms with E-state index < -0.39 is 0 Å². The summed E-state index contributed by atoms with van der Waals surface area (Å²) >= 11 is 0. The van der Waals surface area contributed by atoms with Crippen LogP contribution in [0.3, 0.4) is 0 Å². The van der Waals surface area contributed by atoms with E-state index in [4.69, 9.17) is 19.4 Å². The molecule has 0 N–H and O–H groups in total. The van der Waals surface area contributed by atoms with Crippen LogP contribution in [0.25, 0.3) is 67.2 Å². The molecule has 0 amide bonds. The van der Waals surface area contributed by atoms with E-state index in [1.54, 1.807) is 0 Å². The second-order valence-electron chi connectivity index (χ2n) is 12.1. The van der Waals surface area contributed by atoms with Gasteiger partial charge in [0.25, 0.3) is 0 Å². The molecule has 0 spiro atoms. The van der Waals surface area contributed by atoms with Gasteiger partial charge in [-0.05, 0) is 35.9 Å². The first-order valence-corrected chi connectivity index (χ1v) is 16.6. The topological polar surface area (TPSA) is 55.1 Å². The summed E-state index contributed by atoms with van der Waals surface area (Å²) in [6.07, 6.45) is 0. The molecule has 5 nitrogen and oxygen atoms in total. The van der Waals surface area contributed by atoms with Crippen molar-refractivity contribution in [2.75, 3.05) is 4.90 Å². The van der Waals surface area contributed by atoms with E-state index >= 15 is 0 Å². The van der Waals surface area contributed by atoms with Crippen molar-refractivity contribution in [2.24, 2.45) is 0 Å². The number of benzene rings is 7. The Balaban J connectivity index is 1.14. The van der Waals surface area contributed by atoms with Crippen LogP contribution in [0, 0.1) is 0 Å². The Hall–Kier alpha value is -6.85. The van der Waals surface area contributed by atoms with E-state index in [-0.39, 0.29) is 0 Å². The monoisotopic (exact) mass is 642 g/mol. The minimum atomic E-state index is 0.623. The van der Waals surface area contributed by atoms with Crippen LogP contribution in [0.15, 0.2) is 186 Å². The standard InChI is InChI=1S/C45H30N4O/c1-5-15-32(16-6-1)43-46-44(33-17-7-2-8-18-33)48-45(47-43)34-29-27-31(28-30-34)37-23-13-24-38-39-25-14-26-40(42(39)50-41(37)38)49(35-19-9-3-10-20-35)36-21-11-4-12-22-36/h1-30H. The maximum Gasteiger partial charge on any atom is 0.164 e. The fourth-order valence-corrected chi connectivity index (χ4v) is 6.53. The number of fused-ring (bicyclic) bond motifs is 3. The normalized spacial score (nSPS) is 11.2. The lowest BCUT2D eigenvalue weighted by atomic mass is 10.0. The average Bonchev–Trinajstić information content (AvgIpc) is 3.59. The van der Waals surface area contributed by atoms with E-state index in [1.165, 1.54) is 0 Å². The zero-order valence-electron chi connectivity index (χ0n) is 27.0. The lowest BCUT2D eigenvalue weighted by molar-refractivity contribution is 0.670. The molecule has 5 heteroatoms. The van der Waals surface area contributed by atoms with Crippen LogP contribution in [0.2, 0.25) is 0 Å². The Kier molecular flexibility index (Phi) is 7.41. The zero-order chi connectivity index (χ0) is 33.3. The van der Waals surface area contributed by atoms with Crippen molar-refractivity contribution < 1.29 is 4.42 Å². The van der Waals surface area contributed by atoms with Crippen molar-refractivity contribution in [2.45, 2.75) is 0 Å². The lowest BCUT2D eigenvalue weighted by Gasteiger charge is -2.25. The summed E-state index contributed by atoms with van der Waals surface area (Å²) < 4.78 is 6.86. The van der Waals surface area contributed by atoms with Gasteiger partial charge in [0, 0.05) is 44.4 Å². The fraction of sp³-hybridized carbons (Fsp3) is 0. The Morgan fingerprint density at radius 1 is 0.340 bits per heavy atom. The number of rotatable bonds is 7. The maximum atomic E-state index is 6.86. The van der Waals surface area contributed by atoms with Gasteiger partial charge in [-0.25, -0.2) is 15.0 Å². The maximum absolute atomic E-state index is 6.86. The van der Waals surface area contributed by atoms with Gasteiger partial charge in [-0.3, -0.25) is 0 Å². The molecule has 9 rings (SSSR count). The molecule has 50 heavy (non-hydrogen) atoms. The van der Waals surface area contributed by atoms with Gasteiger partial charge in [0.1, 0.15) is 5.58 Å². The molecular weight excluding hydrogens is 613 g/mol. The number of hydrogen-bond acceptors (Lipinski definition) is 5. The summed E-state index contributed by atoms with van der Waals surface area (Å²) in [5.41, 5.74) is 9.65. The second kappa shape index (κ2) is 12.6. The van der Waals surface area contributed by atoms with Gasteiger partial charge in [0.2, 0.25) is 0 Å². The smallest absolute Gasteiger partial charge is 0.164 e. The van der Waals surface area contributed by atoms with Crippen LogP contribution in [0.1, 0.15) is 0 Å². The minimum Gasteiger partial charge on any atom is -0.453 e.